The summed E-state index contributed by atoms with van der Waals surface area (Å²) in [4.78, 5) is 0. The predicted molar refractivity (Wildman–Crippen MR) is 338 cm³/mol. The molecule has 380 valence electrons. The Morgan fingerprint density at radius 3 is 1.41 bits per heavy atom. The van der Waals surface area contributed by atoms with Crippen LogP contribution in [0.3, 0.4) is 0 Å². The molecule has 11 aromatic carbocycles. The lowest BCUT2D eigenvalue weighted by atomic mass is 9.87. The van der Waals surface area contributed by atoms with Gasteiger partial charge in [0, 0.05) is 72.2 Å². The van der Waals surface area contributed by atoms with E-state index in [1.54, 1.807) is 0 Å². The van der Waals surface area contributed by atoms with E-state index in [1.807, 2.05) is 0 Å². The first-order valence-corrected chi connectivity index (χ1v) is 30.7. The van der Waals surface area contributed by atoms with Gasteiger partial charge in [0.15, 0.2) is 13.8 Å². The number of nitrogens with zero attached hydrogens (tertiary/aromatic N) is 6. The highest BCUT2D eigenvalue weighted by atomic mass is 28.3. The highest BCUT2D eigenvalue weighted by molar-refractivity contribution is 7.20. The zero-order chi connectivity index (χ0) is 53.5. The molecule has 0 radical (unpaired) electrons. The molecule has 82 heavy (non-hydrogen) atoms. The van der Waals surface area contributed by atoms with Gasteiger partial charge in [-0.25, -0.2) is 0 Å². The molecule has 20 rings (SSSR count). The topological polar surface area (TPSA) is 26.4 Å². The first-order valence-electron chi connectivity index (χ1n) is 28.7. The van der Waals surface area contributed by atoms with Crippen molar-refractivity contribution < 1.29 is 9.13 Å². The summed E-state index contributed by atoms with van der Waals surface area (Å²) in [5.41, 5.74) is 19.0. The molecule has 0 fully saturated rings. The van der Waals surface area contributed by atoms with E-state index in [0.717, 1.165) is 11.4 Å². The molecule has 0 bridgehead atoms. The lowest BCUT2D eigenvalue weighted by molar-refractivity contribution is -0.944. The van der Waals surface area contributed by atoms with Crippen molar-refractivity contribution in [2.75, 3.05) is 0 Å². The number of pyridine rings is 2. The van der Waals surface area contributed by atoms with Crippen molar-refractivity contribution in [1.29, 1.82) is 0 Å². The fourth-order valence-electron chi connectivity index (χ4n) is 16.7. The molecule has 7 heteroatoms. The Hall–Kier alpha value is -10.3. The summed E-state index contributed by atoms with van der Waals surface area (Å²) >= 11 is 0. The molecule has 9 heterocycles. The molecule has 0 N–H and O–H groups in total. The van der Waals surface area contributed by atoms with Crippen molar-refractivity contribution >= 4 is 127 Å². The molecule has 6 aromatic heterocycles. The first kappa shape index (κ1) is 43.5. The van der Waals surface area contributed by atoms with Crippen LogP contribution in [-0.2, 0) is 5.66 Å². The number of hydrogen-bond donors (Lipinski definition) is 0. The molecule has 17 aromatic rings. The van der Waals surface area contributed by atoms with Crippen molar-refractivity contribution in [3.8, 4) is 22.6 Å². The second kappa shape index (κ2) is 14.9. The molecule has 0 saturated heterocycles. The number of para-hydroxylation sites is 4. The molecular weight excluding hydrogens is 1010 g/mol. The van der Waals surface area contributed by atoms with E-state index in [1.165, 1.54) is 153 Å². The minimum Gasteiger partial charge on any atom is -0.309 e. The van der Waals surface area contributed by atoms with Crippen LogP contribution in [0.25, 0.3) is 121 Å². The summed E-state index contributed by atoms with van der Waals surface area (Å²) in [6, 6.07) is 90.1. The summed E-state index contributed by atoms with van der Waals surface area (Å²) in [5.74, 6) is 0. The highest BCUT2D eigenvalue weighted by Gasteiger charge is 2.69. The van der Waals surface area contributed by atoms with Gasteiger partial charge < -0.3 is 9.13 Å². The fourth-order valence-corrected chi connectivity index (χ4v) is 22.0. The van der Waals surface area contributed by atoms with Crippen LogP contribution < -0.4 is 29.9 Å². The molecular formula is C75H48N6Si+2. The summed E-state index contributed by atoms with van der Waals surface area (Å²) < 4.78 is 15.6. The number of benzene rings is 11. The Labute approximate surface area is 471 Å². The zero-order valence-corrected chi connectivity index (χ0v) is 45.9. The lowest BCUT2D eigenvalue weighted by Crippen LogP contribution is -2.84. The van der Waals surface area contributed by atoms with E-state index in [0.29, 0.717) is 0 Å². The standard InChI is InChI=1S/C75H48N6Si/c1-45-20-19-21-46(2)68(45)65-44-78-74-70-54(58-41-56-52-31-16-18-33-60(52)80(48-24-9-4-10-25-48)63(56)43-64(58)81(65)74)35-37-67-72(70)75(78)71-66(82(67,49-26-11-5-12-27-49)50-28-13-6-14-29-50)36-34-53-57-40-55-51-30-15-17-32-59(51)79(47-22-7-3-8-23-47)62(55)42-61(57)76-38-39-77(75)73(76)69(53)71/h3-44H,1-2H3/q+2. The number of aryl methyl sites for hydroxylation is 2. The Bertz CT molecular complexity index is 5710. The monoisotopic (exact) mass is 1060 g/mol. The minimum absolute atomic E-state index is 0.797. The summed E-state index contributed by atoms with van der Waals surface area (Å²) in [6.45, 7) is 4.59. The molecule has 1 atom stereocenters. The maximum absolute atomic E-state index is 3.16. The Morgan fingerprint density at radius 1 is 0.378 bits per heavy atom. The maximum Gasteiger partial charge on any atom is 0.308 e. The van der Waals surface area contributed by atoms with Gasteiger partial charge in [-0.15, -0.1) is 0 Å². The number of hydrogen-bond acceptors (Lipinski definition) is 0. The van der Waals surface area contributed by atoms with Crippen molar-refractivity contribution in [1.82, 2.24) is 17.9 Å². The fraction of sp³-hybridized carbons (Fsp3) is 0.0400. The Morgan fingerprint density at radius 2 is 0.854 bits per heavy atom. The van der Waals surface area contributed by atoms with Gasteiger partial charge in [-0.2, -0.15) is 17.9 Å². The van der Waals surface area contributed by atoms with Crippen LogP contribution >= 0.6 is 0 Å². The lowest BCUT2D eigenvalue weighted by Gasteiger charge is -2.43. The maximum atomic E-state index is 2.76. The second-order valence-corrected chi connectivity index (χ2v) is 27.0. The van der Waals surface area contributed by atoms with Gasteiger partial charge in [0.2, 0.25) is 0 Å². The molecule has 6 nitrogen and oxygen atoms in total. The molecule has 0 amide bonds. The van der Waals surface area contributed by atoms with Crippen LogP contribution in [0, 0.1) is 13.8 Å². The molecule has 3 aliphatic heterocycles. The van der Waals surface area contributed by atoms with Crippen LogP contribution in [0.2, 0.25) is 0 Å². The summed E-state index contributed by atoms with van der Waals surface area (Å²) in [7, 11) is -3.16. The van der Waals surface area contributed by atoms with Crippen molar-refractivity contribution in [3.63, 3.8) is 0 Å². The number of aromatic nitrogens is 6. The summed E-state index contributed by atoms with van der Waals surface area (Å²) in [5, 5.41) is 18.4. The quantitative estimate of drug-likeness (QED) is 0.0933. The molecule has 3 aliphatic rings. The van der Waals surface area contributed by atoms with Gasteiger partial charge in [-0.1, -0.05) is 176 Å². The second-order valence-electron chi connectivity index (χ2n) is 23.3. The number of rotatable bonds is 5. The third-order valence-electron chi connectivity index (χ3n) is 19.7. The van der Waals surface area contributed by atoms with Gasteiger partial charge in [0.05, 0.1) is 44.0 Å². The normalized spacial score (nSPS) is 15.6. The third kappa shape index (κ3) is 4.83. The van der Waals surface area contributed by atoms with Crippen LogP contribution in [0.5, 0.6) is 0 Å². The first-order chi connectivity index (χ1) is 40.5. The molecule has 1 spiro atoms. The summed E-state index contributed by atoms with van der Waals surface area (Å²) in [6.07, 6.45) is 7.37. The van der Waals surface area contributed by atoms with E-state index >= 15 is 0 Å². The number of fused-ring (bicyclic) bond motifs is 12. The van der Waals surface area contributed by atoms with Crippen molar-refractivity contribution in [2.24, 2.45) is 0 Å². The molecule has 1 unspecified atom stereocenters. The highest BCUT2D eigenvalue weighted by Crippen LogP contribution is 2.53. The van der Waals surface area contributed by atoms with E-state index in [2.05, 4.69) is 296 Å². The predicted octanol–water partition coefficient (Wildman–Crippen LogP) is 13.5. The van der Waals surface area contributed by atoms with E-state index in [-0.39, 0.29) is 0 Å². The van der Waals surface area contributed by atoms with E-state index in [4.69, 9.17) is 0 Å². The zero-order valence-electron chi connectivity index (χ0n) is 44.9. The average molecular weight is 1060 g/mol. The van der Waals surface area contributed by atoms with Gasteiger partial charge >= 0.3 is 5.66 Å². The number of imidazole rings is 2. The third-order valence-corrected chi connectivity index (χ3v) is 24.5. The van der Waals surface area contributed by atoms with E-state index < -0.39 is 13.7 Å². The van der Waals surface area contributed by atoms with Crippen LogP contribution in [0.4, 0.5) is 0 Å². The molecule has 0 aliphatic carbocycles. The SMILES string of the molecule is Cc1cccc(C)c1-c1c[n+]2c3c4c5c(ccc4c4cc6c7ccccc7n(-c7ccccc7)c6cc4n13)[Si](c1ccccc1)(c1ccccc1)c1ccc3c4cc6c7ccccc7n(-c7ccccc7)c6cc4n4cc[n+]6c4c3c1C562. The van der Waals surface area contributed by atoms with Gasteiger partial charge in [-0.05, 0) is 94.3 Å². The average Bonchev–Trinajstić information content (AvgIpc) is 1.81. The van der Waals surface area contributed by atoms with Crippen LogP contribution in [0.1, 0.15) is 22.3 Å². The Balaban J connectivity index is 1.03. The smallest absolute Gasteiger partial charge is 0.308 e. The van der Waals surface area contributed by atoms with Gasteiger partial charge in [0.25, 0.3) is 11.3 Å². The van der Waals surface area contributed by atoms with Crippen LogP contribution in [0.15, 0.2) is 255 Å². The van der Waals surface area contributed by atoms with E-state index in [9.17, 15) is 0 Å². The minimum atomic E-state index is -3.16. The van der Waals surface area contributed by atoms with Crippen LogP contribution in [-0.4, -0.2) is 26.0 Å². The van der Waals surface area contributed by atoms with Gasteiger partial charge in [0.1, 0.15) is 29.6 Å². The molecule has 0 saturated carbocycles. The van der Waals surface area contributed by atoms with Crippen molar-refractivity contribution in [3.05, 3.63) is 277 Å². The van der Waals surface area contributed by atoms with Crippen molar-refractivity contribution in [2.45, 2.75) is 19.5 Å². The van der Waals surface area contributed by atoms with Gasteiger partial charge in [-0.3, -0.25) is 0 Å². The Kier molecular flexibility index (Phi) is 7.91. The largest absolute Gasteiger partial charge is 0.309 e.